The van der Waals surface area contributed by atoms with E-state index in [4.69, 9.17) is 9.15 Å². The molecule has 2 aromatic heterocycles. The molecule has 6 nitrogen and oxygen atoms in total. The van der Waals surface area contributed by atoms with E-state index in [2.05, 4.69) is 0 Å². The zero-order valence-corrected chi connectivity index (χ0v) is 15.7. The molecule has 0 amide bonds. The molecule has 1 aliphatic rings. The van der Waals surface area contributed by atoms with Crippen molar-refractivity contribution in [3.05, 3.63) is 74.6 Å². The minimum atomic E-state index is -0.413. The van der Waals surface area contributed by atoms with E-state index in [1.165, 1.54) is 35.6 Å². The fraction of sp³-hybridized carbons (Fsp3) is 0.0909. The maximum atomic E-state index is 12.8. The van der Waals surface area contributed by atoms with E-state index in [1.54, 1.807) is 12.1 Å². The van der Waals surface area contributed by atoms with Crippen LogP contribution in [0.4, 0.5) is 0 Å². The van der Waals surface area contributed by atoms with Crippen molar-refractivity contribution in [3.63, 3.8) is 0 Å². The SMILES string of the molecule is O=C1C[C@@H](c2ccsc2)c2c(cc(O)c3c(=O)cc(-c4ccc(O)cc4)oc23)O1. The summed E-state index contributed by atoms with van der Waals surface area (Å²) in [5, 5.41) is 23.8. The number of carbonyl (C=O) groups is 1. The number of rotatable bonds is 2. The van der Waals surface area contributed by atoms with Crippen LogP contribution in [0, 0.1) is 0 Å². The lowest BCUT2D eigenvalue weighted by Crippen LogP contribution is -2.21. The molecule has 0 aliphatic carbocycles. The number of esters is 1. The first-order valence-corrected chi connectivity index (χ1v) is 9.81. The molecular weight excluding hydrogens is 392 g/mol. The number of phenolic OH excluding ortho intramolecular Hbond substituents is 2. The monoisotopic (exact) mass is 406 g/mol. The minimum absolute atomic E-state index is 0.0458. The van der Waals surface area contributed by atoms with Crippen molar-refractivity contribution in [3.8, 4) is 28.6 Å². The van der Waals surface area contributed by atoms with E-state index in [9.17, 15) is 19.8 Å². The predicted octanol–water partition coefficient (Wildman–Crippen LogP) is 4.37. The number of fused-ring (bicyclic) bond motifs is 3. The quantitative estimate of drug-likeness (QED) is 0.379. The van der Waals surface area contributed by atoms with E-state index in [0.29, 0.717) is 11.1 Å². The normalized spacial score (nSPS) is 15.9. The highest BCUT2D eigenvalue weighted by atomic mass is 32.1. The first kappa shape index (κ1) is 17.5. The molecule has 1 aliphatic heterocycles. The number of ether oxygens (including phenoxy) is 1. The van der Waals surface area contributed by atoms with Gasteiger partial charge in [-0.15, -0.1) is 0 Å². The molecule has 4 aromatic rings. The lowest BCUT2D eigenvalue weighted by molar-refractivity contribution is -0.135. The highest BCUT2D eigenvalue weighted by Gasteiger charge is 2.33. The number of benzene rings is 2. The largest absolute Gasteiger partial charge is 0.508 e. The Labute approximate surface area is 168 Å². The number of hydrogen-bond acceptors (Lipinski definition) is 7. The molecule has 5 rings (SSSR count). The van der Waals surface area contributed by atoms with Crippen LogP contribution in [0.15, 0.2) is 62.4 Å². The average Bonchev–Trinajstić information content (AvgIpc) is 3.22. The van der Waals surface area contributed by atoms with Gasteiger partial charge in [0.05, 0.1) is 6.42 Å². The molecule has 29 heavy (non-hydrogen) atoms. The van der Waals surface area contributed by atoms with Crippen molar-refractivity contribution in [2.75, 3.05) is 0 Å². The Hall–Kier alpha value is -3.58. The van der Waals surface area contributed by atoms with Gasteiger partial charge in [-0.3, -0.25) is 9.59 Å². The third-order valence-corrected chi connectivity index (χ3v) is 5.72. The molecule has 0 saturated heterocycles. The van der Waals surface area contributed by atoms with Crippen molar-refractivity contribution in [2.45, 2.75) is 12.3 Å². The smallest absolute Gasteiger partial charge is 0.312 e. The van der Waals surface area contributed by atoms with Gasteiger partial charge in [0.1, 0.15) is 34.0 Å². The van der Waals surface area contributed by atoms with Crippen LogP contribution in [0.2, 0.25) is 0 Å². The van der Waals surface area contributed by atoms with Crippen LogP contribution in [0.5, 0.6) is 17.2 Å². The van der Waals surface area contributed by atoms with E-state index >= 15 is 0 Å². The van der Waals surface area contributed by atoms with E-state index in [1.807, 2.05) is 16.8 Å². The van der Waals surface area contributed by atoms with E-state index in [-0.39, 0.29) is 46.3 Å². The summed E-state index contributed by atoms with van der Waals surface area (Å²) in [7, 11) is 0. The molecule has 0 bridgehead atoms. The summed E-state index contributed by atoms with van der Waals surface area (Å²) in [5.74, 6) is -0.493. The van der Waals surface area contributed by atoms with Crippen LogP contribution in [0.3, 0.4) is 0 Å². The first-order chi connectivity index (χ1) is 14.0. The Balaban J connectivity index is 1.83. The van der Waals surface area contributed by atoms with Crippen LogP contribution >= 0.6 is 11.3 Å². The second-order valence-electron chi connectivity index (χ2n) is 6.82. The second-order valence-corrected chi connectivity index (χ2v) is 7.60. The van der Waals surface area contributed by atoms with Gasteiger partial charge in [-0.1, -0.05) is 0 Å². The van der Waals surface area contributed by atoms with Crippen molar-refractivity contribution in [1.29, 1.82) is 0 Å². The standard InChI is InChI=1S/C22H14O6S/c23-13-3-1-11(2-4-13)17-8-15(24)21-16(25)9-18-20(22(21)28-17)14(7-19(26)27-18)12-5-6-29-10-12/h1-6,8-10,14,23,25H,7H2/t14-/m0/s1. The van der Waals surface area contributed by atoms with Gasteiger partial charge in [0, 0.05) is 29.2 Å². The zero-order chi connectivity index (χ0) is 20.1. The van der Waals surface area contributed by atoms with Gasteiger partial charge < -0.3 is 19.4 Å². The fourth-order valence-electron chi connectivity index (χ4n) is 3.68. The number of thiophene rings is 1. The Bertz CT molecular complexity index is 1300. The van der Waals surface area contributed by atoms with Crippen LogP contribution < -0.4 is 10.2 Å². The topological polar surface area (TPSA) is 97.0 Å². The molecule has 0 unspecified atom stereocenters. The third-order valence-electron chi connectivity index (χ3n) is 5.02. The summed E-state index contributed by atoms with van der Waals surface area (Å²) >= 11 is 1.50. The third kappa shape index (κ3) is 2.87. The second kappa shape index (κ2) is 6.49. The molecule has 0 radical (unpaired) electrons. The predicted molar refractivity (Wildman–Crippen MR) is 108 cm³/mol. The van der Waals surface area contributed by atoms with Crippen molar-refractivity contribution in [1.82, 2.24) is 0 Å². The number of carbonyl (C=O) groups excluding carboxylic acids is 1. The molecule has 0 fully saturated rings. The minimum Gasteiger partial charge on any atom is -0.508 e. The Kier molecular flexibility index (Phi) is 3.92. The Morgan fingerprint density at radius 2 is 1.83 bits per heavy atom. The first-order valence-electron chi connectivity index (χ1n) is 8.87. The molecule has 0 saturated carbocycles. The maximum absolute atomic E-state index is 12.8. The molecule has 2 aromatic carbocycles. The summed E-state index contributed by atoms with van der Waals surface area (Å²) in [6, 6.07) is 10.8. The summed E-state index contributed by atoms with van der Waals surface area (Å²) in [6.45, 7) is 0. The summed E-state index contributed by atoms with van der Waals surface area (Å²) in [5.41, 5.74) is 1.86. The Morgan fingerprint density at radius 1 is 1.03 bits per heavy atom. The van der Waals surface area contributed by atoms with Crippen LogP contribution in [-0.4, -0.2) is 16.2 Å². The lowest BCUT2D eigenvalue weighted by Gasteiger charge is -2.25. The van der Waals surface area contributed by atoms with Crippen molar-refractivity contribution in [2.24, 2.45) is 0 Å². The van der Waals surface area contributed by atoms with Crippen molar-refractivity contribution >= 4 is 28.3 Å². The summed E-state index contributed by atoms with van der Waals surface area (Å²) in [4.78, 5) is 25.0. The van der Waals surface area contributed by atoms with E-state index in [0.717, 1.165) is 5.56 Å². The van der Waals surface area contributed by atoms with Crippen LogP contribution in [0.25, 0.3) is 22.3 Å². The van der Waals surface area contributed by atoms with Gasteiger partial charge in [-0.25, -0.2) is 0 Å². The number of phenols is 2. The van der Waals surface area contributed by atoms with Gasteiger partial charge in [0.25, 0.3) is 0 Å². The van der Waals surface area contributed by atoms with Crippen LogP contribution in [0.1, 0.15) is 23.5 Å². The highest BCUT2D eigenvalue weighted by molar-refractivity contribution is 7.08. The molecular formula is C22H14O6S. The molecule has 144 valence electrons. The average molecular weight is 406 g/mol. The van der Waals surface area contributed by atoms with Gasteiger partial charge in [-0.05, 0) is 46.7 Å². The number of hydrogen-bond donors (Lipinski definition) is 2. The number of aromatic hydroxyl groups is 2. The summed E-state index contributed by atoms with van der Waals surface area (Å²) < 4.78 is 11.4. The van der Waals surface area contributed by atoms with Gasteiger partial charge in [0.2, 0.25) is 0 Å². The van der Waals surface area contributed by atoms with E-state index < -0.39 is 11.4 Å². The molecule has 0 spiro atoms. The zero-order valence-electron chi connectivity index (χ0n) is 14.9. The fourth-order valence-corrected chi connectivity index (χ4v) is 4.40. The maximum Gasteiger partial charge on any atom is 0.312 e. The van der Waals surface area contributed by atoms with Gasteiger partial charge in [-0.2, -0.15) is 11.3 Å². The highest BCUT2D eigenvalue weighted by Crippen LogP contribution is 2.46. The molecule has 3 heterocycles. The van der Waals surface area contributed by atoms with Crippen molar-refractivity contribution < 1.29 is 24.2 Å². The van der Waals surface area contributed by atoms with Crippen LogP contribution in [-0.2, 0) is 4.79 Å². The van der Waals surface area contributed by atoms with Gasteiger partial charge in [0.15, 0.2) is 5.43 Å². The van der Waals surface area contributed by atoms with Gasteiger partial charge >= 0.3 is 5.97 Å². The Morgan fingerprint density at radius 3 is 2.55 bits per heavy atom. The lowest BCUT2D eigenvalue weighted by atomic mass is 9.86. The summed E-state index contributed by atoms with van der Waals surface area (Å²) in [6.07, 6.45) is 0.108. The molecule has 7 heteroatoms. The molecule has 1 atom stereocenters. The molecule has 2 N–H and O–H groups in total.